The molecule has 0 N–H and O–H groups in total. The van der Waals surface area contributed by atoms with Gasteiger partial charge < -0.3 is 0 Å². The van der Waals surface area contributed by atoms with E-state index in [1.165, 1.54) is 13.1 Å². The lowest BCUT2D eigenvalue weighted by atomic mass is 10.0. The van der Waals surface area contributed by atoms with Crippen LogP contribution in [0.4, 0.5) is 13.2 Å². The van der Waals surface area contributed by atoms with E-state index >= 15 is 0 Å². The Morgan fingerprint density at radius 2 is 1.58 bits per heavy atom. The van der Waals surface area contributed by atoms with Crippen LogP contribution in [0.15, 0.2) is 59.5 Å². The molecule has 2 saturated heterocycles. The van der Waals surface area contributed by atoms with Gasteiger partial charge in [0.15, 0.2) is 15.9 Å². The summed E-state index contributed by atoms with van der Waals surface area (Å²) in [5, 5.41) is -0.800. The van der Waals surface area contributed by atoms with E-state index in [9.17, 15) is 21.6 Å². The van der Waals surface area contributed by atoms with E-state index < -0.39 is 33.4 Å². The number of sulfone groups is 1. The van der Waals surface area contributed by atoms with Crippen LogP contribution in [0.5, 0.6) is 0 Å². The highest BCUT2D eigenvalue weighted by atomic mass is 32.2. The monoisotopic (exact) mass is 482 g/mol. The minimum Gasteiger partial charge on any atom is -0.297 e. The number of benzene rings is 2. The summed E-state index contributed by atoms with van der Waals surface area (Å²) in [6.45, 7) is 3.60. The summed E-state index contributed by atoms with van der Waals surface area (Å²) in [5.74, 6) is 0. The quantitative estimate of drug-likeness (QED) is 0.605. The maximum atomic E-state index is 14.0. The summed E-state index contributed by atoms with van der Waals surface area (Å²) in [4.78, 5) is 7.29. The Morgan fingerprint density at radius 1 is 0.970 bits per heavy atom. The Hall–Kier alpha value is -1.94. The van der Waals surface area contributed by atoms with Crippen molar-refractivity contribution < 1.29 is 26.4 Å². The number of hydroxylamine groups is 2. The summed E-state index contributed by atoms with van der Waals surface area (Å²) in [7, 11) is -3.07. The van der Waals surface area contributed by atoms with Crippen molar-refractivity contribution in [2.24, 2.45) is 0 Å². The number of nitrogens with zero attached hydrogens (tertiary/aromatic N) is 2. The average molecular weight is 483 g/mol. The third kappa shape index (κ3) is 4.69. The molecule has 0 saturated carbocycles. The van der Waals surface area contributed by atoms with Gasteiger partial charge >= 0.3 is 6.18 Å². The highest BCUT2D eigenvalue weighted by molar-refractivity contribution is 7.92. The van der Waals surface area contributed by atoms with Crippen LogP contribution in [0.2, 0.25) is 0 Å². The molecular formula is C24H29F3N2O3S. The number of piperidine rings is 1. The highest BCUT2D eigenvalue weighted by Gasteiger charge is 2.61. The van der Waals surface area contributed by atoms with Gasteiger partial charge in [-0.2, -0.15) is 18.2 Å². The summed E-state index contributed by atoms with van der Waals surface area (Å²) < 4.78 is 70.1. The van der Waals surface area contributed by atoms with Gasteiger partial charge in [-0.3, -0.25) is 9.74 Å². The third-order valence-electron chi connectivity index (χ3n) is 6.72. The number of halogens is 3. The van der Waals surface area contributed by atoms with E-state index in [2.05, 4.69) is 4.90 Å². The van der Waals surface area contributed by atoms with E-state index in [1.54, 1.807) is 48.5 Å². The van der Waals surface area contributed by atoms with Crippen LogP contribution in [0.25, 0.3) is 0 Å². The van der Waals surface area contributed by atoms with Gasteiger partial charge in [0.2, 0.25) is 0 Å². The Bertz CT molecular complexity index is 1060. The molecule has 2 aliphatic heterocycles. The zero-order chi connectivity index (χ0) is 23.8. The summed E-state index contributed by atoms with van der Waals surface area (Å²) >= 11 is 0. The zero-order valence-corrected chi connectivity index (χ0v) is 19.5. The number of hydrogen-bond donors (Lipinski definition) is 0. The number of likely N-dealkylation sites (tertiary alicyclic amines) is 1. The van der Waals surface area contributed by atoms with E-state index in [0.717, 1.165) is 37.4 Å². The lowest BCUT2D eigenvalue weighted by Crippen LogP contribution is -2.44. The molecule has 0 spiro atoms. The fourth-order valence-corrected chi connectivity index (χ4v) is 7.37. The number of hydrogen-bond acceptors (Lipinski definition) is 5. The minimum atomic E-state index is -4.84. The Balaban J connectivity index is 1.81. The average Bonchev–Trinajstić information content (AvgIpc) is 3.18. The van der Waals surface area contributed by atoms with Crippen LogP contribution in [0.3, 0.4) is 0 Å². The first-order valence-electron chi connectivity index (χ1n) is 11.2. The molecule has 2 heterocycles. The molecule has 9 heteroatoms. The second kappa shape index (κ2) is 9.37. The van der Waals surface area contributed by atoms with Crippen molar-refractivity contribution in [1.82, 2.24) is 9.96 Å². The van der Waals surface area contributed by atoms with Crippen molar-refractivity contribution in [2.45, 2.75) is 60.7 Å². The van der Waals surface area contributed by atoms with Gasteiger partial charge in [-0.05, 0) is 50.0 Å². The number of alkyl halides is 3. The van der Waals surface area contributed by atoms with Crippen molar-refractivity contribution >= 4 is 9.84 Å². The van der Waals surface area contributed by atoms with Crippen LogP contribution in [0, 0.1) is 0 Å². The van der Waals surface area contributed by atoms with E-state index in [0.29, 0.717) is 11.1 Å². The lowest BCUT2D eigenvalue weighted by molar-refractivity contribution is -0.260. The van der Waals surface area contributed by atoms with Crippen molar-refractivity contribution in [2.75, 3.05) is 20.1 Å². The molecule has 0 amide bonds. The SMILES string of the molecule is C[C@@H](c1ccccc1S(=O)(=O)[C@@H]1[C@@H](c2ccccc2)N(C)O[C@H]1C(F)(F)F)N1CCCCC1. The van der Waals surface area contributed by atoms with Crippen LogP contribution >= 0.6 is 0 Å². The minimum absolute atomic E-state index is 0.0536. The van der Waals surface area contributed by atoms with Crippen LogP contribution < -0.4 is 0 Å². The fourth-order valence-electron chi connectivity index (χ4n) is 5.04. The van der Waals surface area contributed by atoms with Crippen LogP contribution in [-0.4, -0.2) is 56.0 Å². The maximum Gasteiger partial charge on any atom is 0.418 e. The lowest BCUT2D eigenvalue weighted by Gasteiger charge is -2.34. The third-order valence-corrected chi connectivity index (χ3v) is 8.92. The molecule has 2 aromatic carbocycles. The summed E-state index contributed by atoms with van der Waals surface area (Å²) in [5.41, 5.74) is 0.989. The first-order chi connectivity index (χ1) is 15.6. The Morgan fingerprint density at radius 3 is 2.21 bits per heavy atom. The predicted molar refractivity (Wildman–Crippen MR) is 119 cm³/mol. The van der Waals surface area contributed by atoms with Crippen LogP contribution in [0.1, 0.15) is 49.4 Å². The van der Waals surface area contributed by atoms with E-state index in [-0.39, 0.29) is 10.9 Å². The van der Waals surface area contributed by atoms with Crippen molar-refractivity contribution in [3.05, 3.63) is 65.7 Å². The second-order valence-corrected chi connectivity index (χ2v) is 10.9. The molecule has 180 valence electrons. The molecule has 4 rings (SSSR count). The van der Waals surface area contributed by atoms with Gasteiger partial charge in [-0.1, -0.05) is 55.0 Å². The van der Waals surface area contributed by atoms with Gasteiger partial charge in [0.1, 0.15) is 5.25 Å². The molecule has 0 unspecified atom stereocenters. The van der Waals surface area contributed by atoms with Gasteiger partial charge in [0.05, 0.1) is 10.9 Å². The van der Waals surface area contributed by atoms with Crippen LogP contribution in [-0.2, 0) is 14.7 Å². The molecule has 2 aliphatic rings. The molecule has 0 aliphatic carbocycles. The molecule has 0 aromatic heterocycles. The van der Waals surface area contributed by atoms with Gasteiger partial charge in [-0.15, -0.1) is 0 Å². The van der Waals surface area contributed by atoms with Gasteiger partial charge in [-0.25, -0.2) is 8.42 Å². The molecule has 33 heavy (non-hydrogen) atoms. The number of rotatable bonds is 5. The Kier molecular flexibility index (Phi) is 6.87. The summed E-state index contributed by atoms with van der Waals surface area (Å²) in [6.07, 6.45) is -4.14. The van der Waals surface area contributed by atoms with Crippen molar-refractivity contribution in [1.29, 1.82) is 0 Å². The molecule has 2 aromatic rings. The smallest absolute Gasteiger partial charge is 0.297 e. The first-order valence-corrected chi connectivity index (χ1v) is 12.7. The fraction of sp³-hybridized carbons (Fsp3) is 0.500. The summed E-state index contributed by atoms with van der Waals surface area (Å²) in [6, 6.07) is 13.5. The van der Waals surface area contributed by atoms with Gasteiger partial charge in [0.25, 0.3) is 0 Å². The molecule has 0 radical (unpaired) electrons. The maximum absolute atomic E-state index is 14.0. The molecular weight excluding hydrogens is 453 g/mol. The standard InChI is InChI=1S/C24H29F3N2O3S/c1-17(29-15-9-4-10-16-29)19-13-7-8-14-20(19)33(30,31)22-21(18-11-5-3-6-12-18)28(2)32-23(22)24(25,26)27/h3,5-8,11-14,17,21-23H,4,9-10,15-16H2,1-2H3/t17-,21+,22+,23+/m0/s1. The topological polar surface area (TPSA) is 49.9 Å². The highest BCUT2D eigenvalue weighted by Crippen LogP contribution is 2.46. The van der Waals surface area contributed by atoms with Crippen molar-refractivity contribution in [3.8, 4) is 0 Å². The molecule has 0 bridgehead atoms. The van der Waals surface area contributed by atoms with E-state index in [1.807, 2.05) is 6.92 Å². The zero-order valence-electron chi connectivity index (χ0n) is 18.7. The normalized spacial score (nSPS) is 26.4. The van der Waals surface area contributed by atoms with Crippen molar-refractivity contribution in [3.63, 3.8) is 0 Å². The second-order valence-electron chi connectivity index (χ2n) is 8.79. The Labute approximate surface area is 193 Å². The first kappa shape index (κ1) is 24.2. The largest absolute Gasteiger partial charge is 0.418 e. The van der Waals surface area contributed by atoms with Gasteiger partial charge in [0, 0.05) is 13.1 Å². The predicted octanol–water partition coefficient (Wildman–Crippen LogP) is 4.93. The molecule has 5 nitrogen and oxygen atoms in total. The molecule has 2 fully saturated rings. The molecule has 4 atom stereocenters. The van der Waals surface area contributed by atoms with E-state index in [4.69, 9.17) is 4.84 Å².